The molecule has 36 heavy (non-hydrogen) atoms. The molecule has 0 atom stereocenters. The molecule has 0 aliphatic heterocycles. The molecule has 0 fully saturated rings. The highest BCUT2D eigenvalue weighted by Crippen LogP contribution is 2.30. The normalized spacial score (nSPS) is 13.8. The third kappa shape index (κ3) is 4.22. The van der Waals surface area contributed by atoms with Gasteiger partial charge in [-0.15, -0.1) is 0 Å². The fourth-order valence-corrected chi connectivity index (χ4v) is 4.51. The molecule has 0 radical (unpaired) electrons. The predicted octanol–water partition coefficient (Wildman–Crippen LogP) is 5.20. The van der Waals surface area contributed by atoms with Crippen molar-refractivity contribution in [3.63, 3.8) is 0 Å². The van der Waals surface area contributed by atoms with Crippen LogP contribution < -0.4 is 5.69 Å². The van der Waals surface area contributed by atoms with Gasteiger partial charge >= 0.3 is 5.69 Å². The van der Waals surface area contributed by atoms with Gasteiger partial charge < -0.3 is 4.57 Å². The van der Waals surface area contributed by atoms with Gasteiger partial charge in [0.2, 0.25) is 0 Å². The molecule has 0 unspecified atom stereocenters. The summed E-state index contributed by atoms with van der Waals surface area (Å²) in [6.07, 6.45) is 11.7. The molecule has 3 heterocycles. The molecule has 0 bridgehead atoms. The second-order valence-corrected chi connectivity index (χ2v) is 9.85. The van der Waals surface area contributed by atoms with E-state index < -0.39 is 5.41 Å². The number of pyridine rings is 1. The summed E-state index contributed by atoms with van der Waals surface area (Å²) in [5, 5.41) is 16.8. The number of imidazole rings is 1. The van der Waals surface area contributed by atoms with Crippen LogP contribution in [-0.4, -0.2) is 24.3 Å². The van der Waals surface area contributed by atoms with Crippen molar-refractivity contribution >= 4 is 11.6 Å². The number of benzene rings is 1. The van der Waals surface area contributed by atoms with Crippen LogP contribution in [0, 0.1) is 11.3 Å². The van der Waals surface area contributed by atoms with E-state index >= 15 is 0 Å². The molecule has 1 N–H and O–H groups in total. The summed E-state index contributed by atoms with van der Waals surface area (Å²) in [7, 11) is 1.74. The van der Waals surface area contributed by atoms with E-state index in [9.17, 15) is 10.1 Å². The van der Waals surface area contributed by atoms with Crippen molar-refractivity contribution in [2.75, 3.05) is 0 Å². The number of aryl methyl sites for hydroxylation is 2. The Morgan fingerprint density at radius 2 is 1.89 bits per heavy atom. The van der Waals surface area contributed by atoms with E-state index in [0.29, 0.717) is 11.4 Å². The Balaban J connectivity index is 1.60. The number of hydrogen-bond donors (Lipinski definition) is 1. The number of nitrogens with zero attached hydrogens (tertiary/aromatic N) is 5. The van der Waals surface area contributed by atoms with Crippen LogP contribution >= 0.6 is 0 Å². The largest absolute Gasteiger partial charge is 0.333 e. The maximum Gasteiger partial charge on any atom is 0.333 e. The predicted molar refractivity (Wildman–Crippen MR) is 141 cm³/mol. The number of nitrogens with one attached hydrogen (secondary N) is 1. The molecule has 3 aromatic heterocycles. The van der Waals surface area contributed by atoms with Crippen LogP contribution in [0.4, 0.5) is 0 Å². The number of hydrogen-bond acceptors (Lipinski definition) is 4. The fraction of sp³-hybridized carbons (Fsp3) is 0.241. The molecule has 0 amide bonds. The van der Waals surface area contributed by atoms with Crippen molar-refractivity contribution in [2.24, 2.45) is 7.05 Å². The summed E-state index contributed by atoms with van der Waals surface area (Å²) in [6, 6.07) is 13.9. The lowest BCUT2D eigenvalue weighted by Gasteiger charge is -2.16. The summed E-state index contributed by atoms with van der Waals surface area (Å²) in [5.74, 6) is 0. The maximum absolute atomic E-state index is 13.1. The molecule has 1 aliphatic rings. The van der Waals surface area contributed by atoms with Crippen LogP contribution in [0.5, 0.6) is 0 Å². The Bertz CT molecular complexity index is 1600. The fourth-order valence-electron chi connectivity index (χ4n) is 4.51. The van der Waals surface area contributed by atoms with E-state index in [1.54, 1.807) is 22.4 Å². The summed E-state index contributed by atoms with van der Waals surface area (Å²) in [5.41, 5.74) is 7.86. The van der Waals surface area contributed by atoms with Gasteiger partial charge in [-0.1, -0.05) is 23.8 Å². The van der Waals surface area contributed by atoms with Crippen molar-refractivity contribution in [1.82, 2.24) is 24.3 Å². The quantitative estimate of drug-likeness (QED) is 0.438. The third-order valence-corrected chi connectivity index (χ3v) is 6.77. The Labute approximate surface area is 210 Å². The molecule has 0 saturated carbocycles. The van der Waals surface area contributed by atoms with E-state index in [1.165, 1.54) is 5.57 Å². The maximum atomic E-state index is 13.1. The zero-order valence-electron chi connectivity index (χ0n) is 20.9. The molecule has 5 rings (SSSR count). The molecule has 4 aromatic rings. The van der Waals surface area contributed by atoms with Gasteiger partial charge in [0.05, 0.1) is 34.8 Å². The molecule has 180 valence electrons. The van der Waals surface area contributed by atoms with Crippen molar-refractivity contribution in [3.8, 4) is 23.1 Å². The Morgan fingerprint density at radius 1 is 1.11 bits per heavy atom. The van der Waals surface area contributed by atoms with Crippen molar-refractivity contribution in [1.29, 1.82) is 5.26 Å². The lowest BCUT2D eigenvalue weighted by atomic mass is 9.86. The van der Waals surface area contributed by atoms with Crippen LogP contribution in [0.3, 0.4) is 0 Å². The van der Waals surface area contributed by atoms with Crippen LogP contribution in [0.25, 0.3) is 28.7 Å². The van der Waals surface area contributed by atoms with Crippen molar-refractivity contribution in [3.05, 3.63) is 99.5 Å². The minimum Gasteiger partial charge on any atom is -0.301 e. The minimum atomic E-state index is -0.606. The second-order valence-electron chi connectivity index (χ2n) is 9.85. The van der Waals surface area contributed by atoms with Gasteiger partial charge in [-0.25, -0.2) is 4.79 Å². The zero-order chi connectivity index (χ0) is 25.4. The highest BCUT2D eigenvalue weighted by molar-refractivity contribution is 5.89. The molecule has 1 aromatic carbocycles. The molecule has 0 spiro atoms. The standard InChI is InChI=1S/C29H28N6O/c1-19-5-10-25-22(16-32-33-25)14-21(13-19)20-11-12-31-26(15-20)27-17-34(4)28(36)35(27)24-8-6-23(7-9-24)29(2,3)18-30/h6-9,11-17H,5,10H2,1-4H3,(H,32,33). The summed E-state index contributed by atoms with van der Waals surface area (Å²) in [4.78, 5) is 17.8. The second kappa shape index (κ2) is 8.97. The molecule has 1 aliphatic carbocycles. The smallest absolute Gasteiger partial charge is 0.301 e. The lowest BCUT2D eigenvalue weighted by molar-refractivity contribution is 0.686. The van der Waals surface area contributed by atoms with Gasteiger partial charge in [0.15, 0.2) is 0 Å². The van der Waals surface area contributed by atoms with Crippen LogP contribution in [0.2, 0.25) is 0 Å². The van der Waals surface area contributed by atoms with Crippen LogP contribution in [0.1, 0.15) is 49.6 Å². The number of nitriles is 1. The number of rotatable bonds is 4. The molecular weight excluding hydrogens is 448 g/mol. The van der Waals surface area contributed by atoms with Gasteiger partial charge in [-0.05, 0) is 80.7 Å². The first-order chi connectivity index (χ1) is 17.3. The first-order valence-electron chi connectivity index (χ1n) is 12.0. The Hall–Kier alpha value is -4.44. The van der Waals surface area contributed by atoms with E-state index in [1.807, 2.05) is 62.6 Å². The van der Waals surface area contributed by atoms with Crippen LogP contribution in [0.15, 0.2) is 71.4 Å². The van der Waals surface area contributed by atoms with Gasteiger partial charge in [0.25, 0.3) is 0 Å². The Morgan fingerprint density at radius 3 is 2.64 bits per heavy atom. The highest BCUT2D eigenvalue weighted by atomic mass is 16.1. The monoisotopic (exact) mass is 476 g/mol. The average molecular weight is 477 g/mol. The summed E-state index contributed by atoms with van der Waals surface area (Å²) < 4.78 is 3.23. The molecule has 7 nitrogen and oxygen atoms in total. The van der Waals surface area contributed by atoms with Crippen molar-refractivity contribution < 1.29 is 0 Å². The van der Waals surface area contributed by atoms with Crippen LogP contribution in [-0.2, 0) is 18.9 Å². The molecular formula is C29H28N6O. The topological polar surface area (TPSA) is 92.3 Å². The summed E-state index contributed by atoms with van der Waals surface area (Å²) in [6.45, 7) is 5.90. The highest BCUT2D eigenvalue weighted by Gasteiger charge is 2.21. The summed E-state index contributed by atoms with van der Waals surface area (Å²) >= 11 is 0. The first-order valence-corrected chi connectivity index (χ1v) is 12.0. The lowest BCUT2D eigenvalue weighted by Crippen LogP contribution is -2.21. The van der Waals surface area contributed by atoms with E-state index in [2.05, 4.69) is 40.3 Å². The number of allylic oxidation sites excluding steroid dienone is 3. The van der Waals surface area contributed by atoms with E-state index in [-0.39, 0.29) is 5.69 Å². The average Bonchev–Trinajstić information content (AvgIpc) is 3.44. The van der Waals surface area contributed by atoms with Gasteiger partial charge in [-0.2, -0.15) is 10.4 Å². The number of aromatic nitrogens is 5. The van der Waals surface area contributed by atoms with Gasteiger partial charge in [-0.3, -0.25) is 14.6 Å². The van der Waals surface area contributed by atoms with Crippen molar-refractivity contribution in [2.45, 2.75) is 39.0 Å². The van der Waals surface area contributed by atoms with Gasteiger partial charge in [0.1, 0.15) is 0 Å². The van der Waals surface area contributed by atoms with E-state index in [4.69, 9.17) is 0 Å². The van der Waals surface area contributed by atoms with Gasteiger partial charge in [0, 0.05) is 30.7 Å². The minimum absolute atomic E-state index is 0.159. The molecule has 0 saturated heterocycles. The third-order valence-electron chi connectivity index (χ3n) is 6.77. The first kappa shape index (κ1) is 23.3. The SMILES string of the molecule is CC1=CC(c2ccnc(-c3cn(C)c(=O)n3-c3ccc(C(C)(C)C#N)cc3)c2)=Cc2cn[nH]c2CC1. The number of aromatic amines is 1. The Kier molecular flexibility index (Phi) is 5.81. The zero-order valence-corrected chi connectivity index (χ0v) is 20.9. The number of H-pyrrole nitrogens is 1. The van der Waals surface area contributed by atoms with E-state index in [0.717, 1.165) is 46.5 Å². The number of fused-ring (bicyclic) bond motifs is 1. The molecule has 7 heteroatoms.